The predicted octanol–water partition coefficient (Wildman–Crippen LogP) is 3.12. The normalized spacial score (nSPS) is 22.1. The Kier molecular flexibility index (Phi) is 4.97. The second-order valence-electron chi connectivity index (χ2n) is 7.54. The molecule has 0 spiro atoms. The van der Waals surface area contributed by atoms with Crippen LogP contribution in [0.4, 0.5) is 0 Å². The van der Waals surface area contributed by atoms with Crippen LogP contribution in [0.2, 0.25) is 0 Å². The molecule has 0 radical (unpaired) electrons. The Labute approximate surface area is 158 Å². The maximum atomic E-state index is 13.0. The van der Waals surface area contributed by atoms with E-state index in [2.05, 4.69) is 10.4 Å². The van der Waals surface area contributed by atoms with Crippen LogP contribution in [0.25, 0.3) is 5.69 Å². The molecule has 2 N–H and O–H groups in total. The first-order valence-electron chi connectivity index (χ1n) is 9.85. The number of para-hydroxylation sites is 1. The molecule has 2 atom stereocenters. The number of nitrogens with one attached hydrogen (secondary N) is 1. The third kappa shape index (κ3) is 3.48. The Morgan fingerprint density at radius 1 is 1.04 bits per heavy atom. The third-order valence-electron chi connectivity index (χ3n) is 5.80. The summed E-state index contributed by atoms with van der Waals surface area (Å²) in [5.74, 6) is -1.57. The number of aliphatic carboxylic acids is 1. The minimum atomic E-state index is -0.817. The Balaban J connectivity index is 1.61. The van der Waals surface area contributed by atoms with E-state index in [4.69, 9.17) is 0 Å². The van der Waals surface area contributed by atoms with E-state index in [0.29, 0.717) is 18.5 Å². The smallest absolute Gasteiger partial charge is 0.308 e. The fourth-order valence-corrected chi connectivity index (χ4v) is 4.42. The molecule has 0 saturated heterocycles. The van der Waals surface area contributed by atoms with Gasteiger partial charge in [0.05, 0.1) is 11.6 Å². The summed E-state index contributed by atoms with van der Waals surface area (Å²) in [6.45, 7) is 0. The maximum absolute atomic E-state index is 13.0. The third-order valence-corrected chi connectivity index (χ3v) is 5.80. The first-order chi connectivity index (χ1) is 13.1. The van der Waals surface area contributed by atoms with Crippen molar-refractivity contribution in [2.45, 2.75) is 57.4 Å². The lowest BCUT2D eigenvalue weighted by molar-refractivity contribution is -0.142. The zero-order valence-electron chi connectivity index (χ0n) is 15.4. The molecular weight excluding hydrogens is 342 g/mol. The zero-order valence-corrected chi connectivity index (χ0v) is 15.4. The Hall–Kier alpha value is -2.63. The minimum absolute atomic E-state index is 0.235. The Bertz CT molecular complexity index is 844. The molecule has 1 saturated carbocycles. The first kappa shape index (κ1) is 17.8. The first-order valence-corrected chi connectivity index (χ1v) is 9.85. The van der Waals surface area contributed by atoms with Crippen molar-refractivity contribution in [3.05, 3.63) is 47.3 Å². The van der Waals surface area contributed by atoms with Crippen LogP contribution in [-0.4, -0.2) is 32.8 Å². The van der Waals surface area contributed by atoms with Crippen molar-refractivity contribution in [3.8, 4) is 5.69 Å². The van der Waals surface area contributed by atoms with Crippen molar-refractivity contribution in [3.63, 3.8) is 0 Å². The lowest BCUT2D eigenvalue weighted by atomic mass is 9.94. The van der Waals surface area contributed by atoms with E-state index in [0.717, 1.165) is 55.5 Å². The Morgan fingerprint density at radius 2 is 1.81 bits per heavy atom. The lowest BCUT2D eigenvalue weighted by Crippen LogP contribution is -2.43. The average molecular weight is 367 g/mol. The molecule has 4 rings (SSSR count). The van der Waals surface area contributed by atoms with Gasteiger partial charge in [-0.05, 0) is 44.2 Å². The molecule has 142 valence electrons. The van der Waals surface area contributed by atoms with Gasteiger partial charge in [-0.15, -0.1) is 0 Å². The van der Waals surface area contributed by atoms with E-state index in [1.165, 1.54) is 0 Å². The molecule has 0 unspecified atom stereocenters. The van der Waals surface area contributed by atoms with Gasteiger partial charge in [-0.1, -0.05) is 37.5 Å². The molecule has 6 heteroatoms. The van der Waals surface area contributed by atoms with Crippen molar-refractivity contribution in [1.29, 1.82) is 0 Å². The second kappa shape index (κ2) is 7.55. The minimum Gasteiger partial charge on any atom is -0.481 e. The Morgan fingerprint density at radius 3 is 2.59 bits per heavy atom. The van der Waals surface area contributed by atoms with Crippen molar-refractivity contribution >= 4 is 11.9 Å². The van der Waals surface area contributed by atoms with Gasteiger partial charge in [-0.2, -0.15) is 5.10 Å². The van der Waals surface area contributed by atoms with Crippen LogP contribution in [0.3, 0.4) is 0 Å². The van der Waals surface area contributed by atoms with Gasteiger partial charge in [0.15, 0.2) is 5.69 Å². The molecular formula is C21H25N3O3. The number of benzene rings is 1. The predicted molar refractivity (Wildman–Crippen MR) is 101 cm³/mol. The van der Waals surface area contributed by atoms with Gasteiger partial charge < -0.3 is 10.4 Å². The summed E-state index contributed by atoms with van der Waals surface area (Å²) in [7, 11) is 0. The molecule has 1 heterocycles. The summed E-state index contributed by atoms with van der Waals surface area (Å²) < 4.78 is 1.87. The average Bonchev–Trinajstić information content (AvgIpc) is 3.19. The molecule has 2 aliphatic carbocycles. The molecule has 27 heavy (non-hydrogen) atoms. The highest BCUT2D eigenvalue weighted by atomic mass is 16.4. The second-order valence-corrected chi connectivity index (χ2v) is 7.54. The highest BCUT2D eigenvalue weighted by molar-refractivity contribution is 5.94. The van der Waals surface area contributed by atoms with Crippen LogP contribution in [0.5, 0.6) is 0 Å². The van der Waals surface area contributed by atoms with Gasteiger partial charge in [0.1, 0.15) is 0 Å². The molecule has 1 aromatic carbocycles. The molecule has 1 aromatic heterocycles. The number of fused-ring (bicyclic) bond motifs is 1. The standard InChI is InChI=1S/C21H25N3O3/c25-20(22-17-12-6-2-5-10-15(17)21(26)27)19-16-11-7-13-18(16)24(23-19)14-8-3-1-4-9-14/h1,3-4,8-9,15,17H,2,5-7,10-13H2,(H,22,25)(H,26,27)/t15-,17+/m1/s1. The number of hydrogen-bond donors (Lipinski definition) is 2. The summed E-state index contributed by atoms with van der Waals surface area (Å²) in [5, 5.41) is 17.2. The fraction of sp³-hybridized carbons (Fsp3) is 0.476. The fourth-order valence-electron chi connectivity index (χ4n) is 4.42. The molecule has 0 aliphatic heterocycles. The maximum Gasteiger partial charge on any atom is 0.308 e. The van der Waals surface area contributed by atoms with E-state index >= 15 is 0 Å². The van der Waals surface area contributed by atoms with Gasteiger partial charge in [-0.3, -0.25) is 9.59 Å². The van der Waals surface area contributed by atoms with Gasteiger partial charge in [0, 0.05) is 17.3 Å². The number of aromatic nitrogens is 2. The number of carboxylic acids is 1. The number of carboxylic acid groups (broad SMARTS) is 1. The molecule has 2 aliphatic rings. The van der Waals surface area contributed by atoms with Crippen molar-refractivity contribution < 1.29 is 14.7 Å². The highest BCUT2D eigenvalue weighted by Gasteiger charge is 2.33. The number of nitrogens with zero attached hydrogens (tertiary/aromatic N) is 2. The number of amides is 1. The quantitative estimate of drug-likeness (QED) is 0.813. The topological polar surface area (TPSA) is 84.2 Å². The van der Waals surface area contributed by atoms with Crippen LogP contribution in [0.15, 0.2) is 30.3 Å². The van der Waals surface area contributed by atoms with Crippen molar-refractivity contribution in [2.24, 2.45) is 5.92 Å². The van der Waals surface area contributed by atoms with Gasteiger partial charge >= 0.3 is 5.97 Å². The zero-order chi connectivity index (χ0) is 18.8. The summed E-state index contributed by atoms with van der Waals surface area (Å²) in [4.78, 5) is 24.7. The van der Waals surface area contributed by atoms with E-state index < -0.39 is 11.9 Å². The summed E-state index contributed by atoms with van der Waals surface area (Å²) in [5.41, 5.74) is 3.52. The largest absolute Gasteiger partial charge is 0.481 e. The van der Waals surface area contributed by atoms with Crippen LogP contribution in [0, 0.1) is 5.92 Å². The number of carbonyl (C=O) groups excluding carboxylic acids is 1. The van der Waals surface area contributed by atoms with E-state index in [1.54, 1.807) is 0 Å². The molecule has 0 bridgehead atoms. The van der Waals surface area contributed by atoms with Crippen LogP contribution >= 0.6 is 0 Å². The van der Waals surface area contributed by atoms with Crippen molar-refractivity contribution in [1.82, 2.24) is 15.1 Å². The lowest BCUT2D eigenvalue weighted by Gasteiger charge is -2.22. The summed E-state index contributed by atoms with van der Waals surface area (Å²) >= 11 is 0. The SMILES string of the molecule is O=C(N[C@H]1CCCCC[C@H]1C(=O)O)c1nn(-c2ccccc2)c2c1CCC2. The van der Waals surface area contributed by atoms with Crippen LogP contribution in [0.1, 0.15) is 60.3 Å². The number of hydrogen-bond acceptors (Lipinski definition) is 3. The number of rotatable bonds is 4. The van der Waals surface area contributed by atoms with E-state index in [-0.39, 0.29) is 11.9 Å². The van der Waals surface area contributed by atoms with E-state index in [9.17, 15) is 14.7 Å². The van der Waals surface area contributed by atoms with Gasteiger partial charge in [0.2, 0.25) is 0 Å². The molecule has 1 amide bonds. The van der Waals surface area contributed by atoms with Gasteiger partial charge in [0.25, 0.3) is 5.91 Å². The van der Waals surface area contributed by atoms with E-state index in [1.807, 2.05) is 35.0 Å². The van der Waals surface area contributed by atoms with Gasteiger partial charge in [-0.25, -0.2) is 4.68 Å². The number of carbonyl (C=O) groups is 2. The van der Waals surface area contributed by atoms with Crippen LogP contribution < -0.4 is 5.32 Å². The molecule has 1 fully saturated rings. The highest BCUT2D eigenvalue weighted by Crippen LogP contribution is 2.29. The molecule has 2 aromatic rings. The monoisotopic (exact) mass is 367 g/mol. The summed E-state index contributed by atoms with van der Waals surface area (Å²) in [6.07, 6.45) is 6.98. The summed E-state index contributed by atoms with van der Waals surface area (Å²) in [6, 6.07) is 9.52. The van der Waals surface area contributed by atoms with Crippen LogP contribution in [-0.2, 0) is 17.6 Å². The van der Waals surface area contributed by atoms with Crippen molar-refractivity contribution in [2.75, 3.05) is 0 Å². The molecule has 6 nitrogen and oxygen atoms in total.